The molecule has 1 aliphatic heterocycles. The largest absolute Gasteiger partial charge is 0.351 e. The van der Waals surface area contributed by atoms with Crippen LogP contribution >= 0.6 is 11.3 Å². The number of nitrogens with zero attached hydrogens (tertiary/aromatic N) is 2. The summed E-state index contributed by atoms with van der Waals surface area (Å²) >= 11 is 1.71. The number of hydrogen-bond donors (Lipinski definition) is 1. The third-order valence-electron chi connectivity index (χ3n) is 4.93. The van der Waals surface area contributed by atoms with Gasteiger partial charge in [-0.1, -0.05) is 6.92 Å². The van der Waals surface area contributed by atoms with Gasteiger partial charge in [-0.3, -0.25) is 9.59 Å². The Balaban J connectivity index is 1.45. The summed E-state index contributed by atoms with van der Waals surface area (Å²) < 4.78 is 0. The van der Waals surface area contributed by atoms with Crippen molar-refractivity contribution < 1.29 is 9.59 Å². The minimum Gasteiger partial charge on any atom is -0.351 e. The van der Waals surface area contributed by atoms with Gasteiger partial charge in [-0.25, -0.2) is 4.98 Å². The zero-order chi connectivity index (χ0) is 17.1. The standard InChI is InChI=1S/C18H27N3O2S/c1-3-4-16-20-12(2)15(24-16)11-19-17(22)13-7-9-21(10-8-13)18(23)14-5-6-14/h13-14H,3-11H2,1-2H3,(H,19,22). The number of carbonyl (C=O) groups is 2. The Kier molecular flexibility index (Phi) is 5.54. The molecule has 3 rings (SSSR count). The lowest BCUT2D eigenvalue weighted by molar-refractivity contribution is -0.136. The molecule has 0 radical (unpaired) electrons. The van der Waals surface area contributed by atoms with E-state index in [1.807, 2.05) is 11.8 Å². The highest BCUT2D eigenvalue weighted by Gasteiger charge is 2.35. The van der Waals surface area contributed by atoms with E-state index in [1.165, 1.54) is 0 Å². The lowest BCUT2D eigenvalue weighted by Gasteiger charge is -2.31. The van der Waals surface area contributed by atoms with Crippen molar-refractivity contribution in [3.8, 4) is 0 Å². The minimum atomic E-state index is 0.0385. The first kappa shape index (κ1) is 17.4. The molecule has 0 spiro atoms. The summed E-state index contributed by atoms with van der Waals surface area (Å²) in [6, 6.07) is 0. The van der Waals surface area contributed by atoms with Gasteiger partial charge in [-0.05, 0) is 45.4 Å². The third kappa shape index (κ3) is 4.15. The van der Waals surface area contributed by atoms with E-state index in [0.29, 0.717) is 12.5 Å². The summed E-state index contributed by atoms with van der Waals surface area (Å²) in [5.41, 5.74) is 1.04. The van der Waals surface area contributed by atoms with Gasteiger partial charge in [0.1, 0.15) is 0 Å². The van der Waals surface area contributed by atoms with Crippen LogP contribution in [0.4, 0.5) is 0 Å². The number of likely N-dealkylation sites (tertiary alicyclic amines) is 1. The molecule has 0 unspecified atom stereocenters. The molecule has 132 valence electrons. The molecule has 1 N–H and O–H groups in total. The van der Waals surface area contributed by atoms with Crippen LogP contribution in [0.2, 0.25) is 0 Å². The monoisotopic (exact) mass is 349 g/mol. The van der Waals surface area contributed by atoms with Crippen LogP contribution in [0.5, 0.6) is 0 Å². The fourth-order valence-electron chi connectivity index (χ4n) is 3.24. The maximum Gasteiger partial charge on any atom is 0.225 e. The molecule has 0 atom stereocenters. The van der Waals surface area contributed by atoms with Gasteiger partial charge in [0, 0.05) is 29.8 Å². The molecule has 1 aromatic heterocycles. The van der Waals surface area contributed by atoms with Crippen molar-refractivity contribution in [3.63, 3.8) is 0 Å². The molecule has 1 saturated carbocycles. The van der Waals surface area contributed by atoms with E-state index >= 15 is 0 Å². The number of nitrogens with one attached hydrogen (secondary N) is 1. The minimum absolute atomic E-state index is 0.0385. The normalized spacial score (nSPS) is 18.7. The lowest BCUT2D eigenvalue weighted by Crippen LogP contribution is -2.43. The summed E-state index contributed by atoms with van der Waals surface area (Å²) in [5.74, 6) is 0.745. The van der Waals surface area contributed by atoms with E-state index in [9.17, 15) is 9.59 Å². The highest BCUT2D eigenvalue weighted by Crippen LogP contribution is 2.32. The van der Waals surface area contributed by atoms with Crippen molar-refractivity contribution in [1.82, 2.24) is 15.2 Å². The van der Waals surface area contributed by atoms with E-state index < -0.39 is 0 Å². The van der Waals surface area contributed by atoms with Crippen LogP contribution < -0.4 is 5.32 Å². The average molecular weight is 350 g/mol. The maximum absolute atomic E-state index is 12.4. The van der Waals surface area contributed by atoms with Crippen LogP contribution in [0.3, 0.4) is 0 Å². The first-order valence-corrected chi connectivity index (χ1v) is 9.91. The fourth-order valence-corrected chi connectivity index (χ4v) is 4.35. The molecule has 24 heavy (non-hydrogen) atoms. The molecule has 1 aromatic rings. The predicted molar refractivity (Wildman–Crippen MR) is 94.7 cm³/mol. The fraction of sp³-hybridized carbons (Fsp3) is 0.722. The quantitative estimate of drug-likeness (QED) is 0.859. The molecule has 6 heteroatoms. The van der Waals surface area contributed by atoms with Gasteiger partial charge >= 0.3 is 0 Å². The molecule has 2 aliphatic rings. The van der Waals surface area contributed by atoms with Crippen LogP contribution in [0.1, 0.15) is 54.6 Å². The highest BCUT2D eigenvalue weighted by atomic mass is 32.1. The number of aromatic nitrogens is 1. The maximum atomic E-state index is 12.4. The molecule has 2 heterocycles. The molecule has 0 bridgehead atoms. The van der Waals surface area contributed by atoms with Crippen LogP contribution in [0, 0.1) is 18.8 Å². The van der Waals surface area contributed by atoms with Gasteiger partial charge < -0.3 is 10.2 Å². The molecule has 5 nitrogen and oxygen atoms in total. The first-order valence-electron chi connectivity index (χ1n) is 9.10. The second kappa shape index (κ2) is 7.64. The Labute approximate surface area is 147 Å². The van der Waals surface area contributed by atoms with Crippen molar-refractivity contribution in [2.45, 2.75) is 58.9 Å². The number of rotatable bonds is 6. The van der Waals surface area contributed by atoms with Gasteiger partial charge in [0.05, 0.1) is 17.2 Å². The summed E-state index contributed by atoms with van der Waals surface area (Å²) in [6.07, 6.45) is 5.77. The van der Waals surface area contributed by atoms with Gasteiger partial charge in [0.25, 0.3) is 0 Å². The Morgan fingerprint density at radius 2 is 1.92 bits per heavy atom. The van der Waals surface area contributed by atoms with E-state index in [4.69, 9.17) is 0 Å². The Hall–Kier alpha value is -1.43. The lowest BCUT2D eigenvalue weighted by atomic mass is 9.95. The Bertz CT molecular complexity index is 601. The summed E-state index contributed by atoms with van der Waals surface area (Å²) in [7, 11) is 0. The molecule has 2 fully saturated rings. The molecule has 2 amide bonds. The van der Waals surface area contributed by atoms with Crippen molar-refractivity contribution in [1.29, 1.82) is 0 Å². The zero-order valence-corrected chi connectivity index (χ0v) is 15.5. The number of amides is 2. The first-order chi connectivity index (χ1) is 11.6. The second-order valence-electron chi connectivity index (χ2n) is 6.96. The van der Waals surface area contributed by atoms with E-state index in [0.717, 1.165) is 67.2 Å². The topological polar surface area (TPSA) is 62.3 Å². The average Bonchev–Trinajstić information content (AvgIpc) is 3.37. The van der Waals surface area contributed by atoms with E-state index in [2.05, 4.69) is 17.2 Å². The summed E-state index contributed by atoms with van der Waals surface area (Å²) in [6.45, 7) is 6.20. The predicted octanol–water partition coefficient (Wildman–Crippen LogP) is 2.67. The summed E-state index contributed by atoms with van der Waals surface area (Å²) in [4.78, 5) is 32.1. The second-order valence-corrected chi connectivity index (χ2v) is 8.13. The number of aryl methyl sites for hydroxylation is 2. The SMILES string of the molecule is CCCc1nc(C)c(CNC(=O)C2CCN(C(=O)C3CC3)CC2)s1. The summed E-state index contributed by atoms with van der Waals surface area (Å²) in [5, 5.41) is 4.23. The number of carbonyl (C=O) groups excluding carboxylic acids is 2. The molecule has 1 aliphatic carbocycles. The molecular formula is C18H27N3O2S. The van der Waals surface area contributed by atoms with Crippen molar-refractivity contribution in [2.75, 3.05) is 13.1 Å². The van der Waals surface area contributed by atoms with Crippen molar-refractivity contribution >= 4 is 23.2 Å². The number of piperidine rings is 1. The van der Waals surface area contributed by atoms with Gasteiger partial charge in [-0.2, -0.15) is 0 Å². The molecular weight excluding hydrogens is 322 g/mol. The van der Waals surface area contributed by atoms with Crippen molar-refractivity contribution in [2.24, 2.45) is 11.8 Å². The number of hydrogen-bond acceptors (Lipinski definition) is 4. The van der Waals surface area contributed by atoms with Gasteiger partial charge in [0.2, 0.25) is 11.8 Å². The Morgan fingerprint density at radius 3 is 2.54 bits per heavy atom. The van der Waals surface area contributed by atoms with Crippen LogP contribution in [0.15, 0.2) is 0 Å². The zero-order valence-electron chi connectivity index (χ0n) is 14.6. The van der Waals surface area contributed by atoms with E-state index in [1.54, 1.807) is 11.3 Å². The van der Waals surface area contributed by atoms with Gasteiger partial charge in [0.15, 0.2) is 0 Å². The number of thiazole rings is 1. The molecule has 1 saturated heterocycles. The van der Waals surface area contributed by atoms with Crippen molar-refractivity contribution in [3.05, 3.63) is 15.6 Å². The van der Waals surface area contributed by atoms with Crippen LogP contribution in [-0.4, -0.2) is 34.8 Å². The smallest absolute Gasteiger partial charge is 0.225 e. The van der Waals surface area contributed by atoms with E-state index in [-0.39, 0.29) is 17.7 Å². The van der Waals surface area contributed by atoms with Crippen LogP contribution in [-0.2, 0) is 22.6 Å². The van der Waals surface area contributed by atoms with Crippen LogP contribution in [0.25, 0.3) is 0 Å². The third-order valence-corrected chi connectivity index (χ3v) is 6.15. The Morgan fingerprint density at radius 1 is 1.21 bits per heavy atom. The highest BCUT2D eigenvalue weighted by molar-refractivity contribution is 7.11. The van der Waals surface area contributed by atoms with Gasteiger partial charge in [-0.15, -0.1) is 11.3 Å². The molecule has 0 aromatic carbocycles.